The molecule has 1 aromatic heterocycles. The molecule has 0 radical (unpaired) electrons. The molecule has 1 amide bonds. The lowest BCUT2D eigenvalue weighted by Crippen LogP contribution is -2.50. The topological polar surface area (TPSA) is 58.7 Å². The molecular formula is C21H22ClN3O3. The van der Waals surface area contributed by atoms with Crippen LogP contribution < -0.4 is 5.76 Å². The number of amides is 1. The standard InChI is InChI=1S/C21H22ClN3O3/c1-15(16-6-2-3-7-17(16)22)23-10-12-24(13-11-23)20(26)14-25-18-8-4-5-9-19(18)28-21(25)27/h2-9,15H,10-14H2,1H3. The van der Waals surface area contributed by atoms with Crippen LogP contribution in [0.15, 0.2) is 57.7 Å². The number of para-hydroxylation sites is 2. The lowest BCUT2D eigenvalue weighted by molar-refractivity contribution is -0.133. The molecule has 3 aromatic rings. The highest BCUT2D eigenvalue weighted by molar-refractivity contribution is 6.31. The maximum Gasteiger partial charge on any atom is 0.420 e. The van der Waals surface area contributed by atoms with Gasteiger partial charge in [0.05, 0.1) is 5.52 Å². The van der Waals surface area contributed by atoms with Gasteiger partial charge in [-0.2, -0.15) is 0 Å². The zero-order chi connectivity index (χ0) is 19.7. The molecule has 1 saturated heterocycles. The number of rotatable bonds is 4. The van der Waals surface area contributed by atoms with Crippen LogP contribution in [0.4, 0.5) is 0 Å². The first-order chi connectivity index (χ1) is 13.5. The molecule has 7 heteroatoms. The minimum atomic E-state index is -0.500. The first-order valence-corrected chi connectivity index (χ1v) is 9.77. The third-order valence-corrected chi connectivity index (χ3v) is 5.78. The van der Waals surface area contributed by atoms with Gasteiger partial charge in [0.15, 0.2) is 5.58 Å². The Kier molecular flexibility index (Phi) is 5.24. The molecule has 0 aliphatic carbocycles. The fourth-order valence-electron chi connectivity index (χ4n) is 3.77. The van der Waals surface area contributed by atoms with E-state index < -0.39 is 5.76 Å². The van der Waals surface area contributed by atoms with Crippen molar-refractivity contribution in [3.05, 3.63) is 69.7 Å². The van der Waals surface area contributed by atoms with Crippen LogP contribution in [0, 0.1) is 0 Å². The van der Waals surface area contributed by atoms with Crippen LogP contribution in [0.3, 0.4) is 0 Å². The number of carbonyl (C=O) groups is 1. The first-order valence-electron chi connectivity index (χ1n) is 9.39. The largest absolute Gasteiger partial charge is 0.420 e. The van der Waals surface area contributed by atoms with Crippen LogP contribution in [-0.4, -0.2) is 46.5 Å². The summed E-state index contributed by atoms with van der Waals surface area (Å²) in [5, 5.41) is 0.764. The maximum atomic E-state index is 12.7. The van der Waals surface area contributed by atoms with E-state index in [9.17, 15) is 9.59 Å². The minimum Gasteiger partial charge on any atom is -0.408 e. The number of nitrogens with zero attached hydrogens (tertiary/aromatic N) is 3. The molecule has 1 aliphatic rings. The second kappa shape index (κ2) is 7.81. The number of fused-ring (bicyclic) bond motifs is 1. The van der Waals surface area contributed by atoms with Crippen LogP contribution in [0.2, 0.25) is 5.02 Å². The van der Waals surface area contributed by atoms with E-state index in [1.54, 1.807) is 18.2 Å². The zero-order valence-corrected chi connectivity index (χ0v) is 16.4. The second-order valence-electron chi connectivity index (χ2n) is 7.04. The lowest BCUT2D eigenvalue weighted by atomic mass is 10.1. The van der Waals surface area contributed by atoms with Crippen molar-refractivity contribution >= 4 is 28.6 Å². The van der Waals surface area contributed by atoms with Crippen LogP contribution in [0.1, 0.15) is 18.5 Å². The Morgan fingerprint density at radius 1 is 1.07 bits per heavy atom. The second-order valence-corrected chi connectivity index (χ2v) is 7.44. The van der Waals surface area contributed by atoms with E-state index in [4.69, 9.17) is 16.0 Å². The van der Waals surface area contributed by atoms with Crippen molar-refractivity contribution in [2.24, 2.45) is 0 Å². The number of halogens is 1. The van der Waals surface area contributed by atoms with Crippen molar-refractivity contribution in [2.75, 3.05) is 26.2 Å². The van der Waals surface area contributed by atoms with Crippen LogP contribution in [-0.2, 0) is 11.3 Å². The molecule has 1 unspecified atom stereocenters. The molecule has 2 heterocycles. The van der Waals surface area contributed by atoms with Crippen molar-refractivity contribution in [3.63, 3.8) is 0 Å². The number of piperazine rings is 1. The zero-order valence-electron chi connectivity index (χ0n) is 15.7. The summed E-state index contributed by atoms with van der Waals surface area (Å²) in [6.45, 7) is 4.90. The highest BCUT2D eigenvalue weighted by atomic mass is 35.5. The molecule has 2 aromatic carbocycles. The van der Waals surface area contributed by atoms with Crippen LogP contribution in [0.25, 0.3) is 11.1 Å². The third kappa shape index (κ3) is 3.57. The SMILES string of the molecule is CC(c1ccccc1Cl)N1CCN(C(=O)Cn2c(=O)oc3ccccc32)CC1. The molecule has 1 atom stereocenters. The average molecular weight is 400 g/mol. The Bertz CT molecular complexity index is 1050. The van der Waals surface area contributed by atoms with Gasteiger partial charge >= 0.3 is 5.76 Å². The minimum absolute atomic E-state index is 0.00405. The molecule has 28 heavy (non-hydrogen) atoms. The quantitative estimate of drug-likeness (QED) is 0.676. The van der Waals surface area contributed by atoms with Gasteiger partial charge in [-0.25, -0.2) is 4.79 Å². The Morgan fingerprint density at radius 2 is 1.75 bits per heavy atom. The van der Waals surface area contributed by atoms with Crippen molar-refractivity contribution in [1.29, 1.82) is 0 Å². The molecule has 1 fully saturated rings. The monoisotopic (exact) mass is 399 g/mol. The average Bonchev–Trinajstić information content (AvgIpc) is 3.03. The molecular weight excluding hydrogens is 378 g/mol. The highest BCUT2D eigenvalue weighted by Gasteiger charge is 2.26. The maximum absolute atomic E-state index is 12.7. The smallest absolute Gasteiger partial charge is 0.408 e. The Morgan fingerprint density at radius 3 is 2.50 bits per heavy atom. The molecule has 1 aliphatic heterocycles. The summed E-state index contributed by atoms with van der Waals surface area (Å²) in [6, 6.07) is 15.2. The predicted octanol–water partition coefficient (Wildman–Crippen LogP) is 3.15. The number of aromatic nitrogens is 1. The van der Waals surface area contributed by atoms with Crippen LogP contribution >= 0.6 is 11.6 Å². The molecule has 0 saturated carbocycles. The molecule has 6 nitrogen and oxygen atoms in total. The van der Waals surface area contributed by atoms with Crippen molar-refractivity contribution in [1.82, 2.24) is 14.4 Å². The highest BCUT2D eigenvalue weighted by Crippen LogP contribution is 2.27. The fraction of sp³-hybridized carbons (Fsp3) is 0.333. The van der Waals surface area contributed by atoms with Gasteiger partial charge in [0.2, 0.25) is 5.91 Å². The van der Waals surface area contributed by atoms with E-state index >= 15 is 0 Å². The number of carbonyl (C=O) groups excluding carboxylic acids is 1. The lowest BCUT2D eigenvalue weighted by Gasteiger charge is -2.38. The predicted molar refractivity (Wildman–Crippen MR) is 108 cm³/mol. The van der Waals surface area contributed by atoms with Gasteiger partial charge in [0.1, 0.15) is 6.54 Å². The van der Waals surface area contributed by atoms with Crippen molar-refractivity contribution in [2.45, 2.75) is 19.5 Å². The van der Waals surface area contributed by atoms with E-state index in [-0.39, 0.29) is 18.5 Å². The summed E-state index contributed by atoms with van der Waals surface area (Å²) in [6.07, 6.45) is 0. The van der Waals surface area contributed by atoms with Gasteiger partial charge < -0.3 is 9.32 Å². The summed E-state index contributed by atoms with van der Waals surface area (Å²) in [7, 11) is 0. The van der Waals surface area contributed by atoms with Gasteiger partial charge in [0, 0.05) is 37.2 Å². The number of hydrogen-bond acceptors (Lipinski definition) is 4. The summed E-state index contributed by atoms with van der Waals surface area (Å²) < 4.78 is 6.61. The Balaban J connectivity index is 1.41. The Hall–Kier alpha value is -2.57. The van der Waals surface area contributed by atoms with Gasteiger partial charge in [0.25, 0.3) is 0 Å². The number of benzene rings is 2. The summed E-state index contributed by atoms with van der Waals surface area (Å²) in [5.41, 5.74) is 2.24. The Labute approximate surface area is 167 Å². The molecule has 4 rings (SSSR count). The third-order valence-electron chi connectivity index (χ3n) is 5.44. The van der Waals surface area contributed by atoms with Crippen molar-refractivity contribution < 1.29 is 9.21 Å². The van der Waals surface area contributed by atoms with E-state index in [0.29, 0.717) is 24.2 Å². The van der Waals surface area contributed by atoms with Gasteiger partial charge in [-0.1, -0.05) is 41.9 Å². The fourth-order valence-corrected chi connectivity index (χ4v) is 4.06. The van der Waals surface area contributed by atoms with Gasteiger partial charge in [-0.15, -0.1) is 0 Å². The summed E-state index contributed by atoms with van der Waals surface area (Å²) in [5.74, 6) is -0.570. The van der Waals surface area contributed by atoms with Crippen LogP contribution in [0.5, 0.6) is 0 Å². The molecule has 0 spiro atoms. The van der Waals surface area contributed by atoms with Gasteiger partial charge in [-0.05, 0) is 30.7 Å². The molecule has 0 bridgehead atoms. The van der Waals surface area contributed by atoms with E-state index in [1.165, 1.54) is 4.57 Å². The van der Waals surface area contributed by atoms with E-state index in [2.05, 4.69) is 11.8 Å². The van der Waals surface area contributed by atoms with Gasteiger partial charge in [-0.3, -0.25) is 14.3 Å². The summed E-state index contributed by atoms with van der Waals surface area (Å²) >= 11 is 6.33. The normalized spacial score (nSPS) is 16.4. The summed E-state index contributed by atoms with van der Waals surface area (Å²) in [4.78, 5) is 29.0. The van der Waals surface area contributed by atoms with Crippen molar-refractivity contribution in [3.8, 4) is 0 Å². The molecule has 0 N–H and O–H groups in total. The first kappa shape index (κ1) is 18.8. The van der Waals surface area contributed by atoms with E-state index in [1.807, 2.05) is 35.2 Å². The number of hydrogen-bond donors (Lipinski definition) is 0. The van der Waals surface area contributed by atoms with E-state index in [0.717, 1.165) is 23.7 Å². The molecule has 146 valence electrons. The number of oxazole rings is 1.